The number of amides is 1. The van der Waals surface area contributed by atoms with Gasteiger partial charge in [-0.25, -0.2) is 4.98 Å². The predicted octanol–water partition coefficient (Wildman–Crippen LogP) is 2.74. The molecule has 0 saturated carbocycles. The molecule has 0 bridgehead atoms. The molecule has 2 aromatic rings. The van der Waals surface area contributed by atoms with Crippen LogP contribution in [-0.2, 0) is 15.7 Å². The zero-order chi connectivity index (χ0) is 17.0. The quantitative estimate of drug-likeness (QED) is 0.873. The molecule has 0 aliphatic heterocycles. The van der Waals surface area contributed by atoms with Crippen molar-refractivity contribution in [2.75, 3.05) is 19.0 Å². The second kappa shape index (κ2) is 7.07. The number of hydrogen-bond acceptors (Lipinski definition) is 5. The highest BCUT2D eigenvalue weighted by Gasteiger charge is 2.30. The Morgan fingerprint density at radius 1 is 1.48 bits per heavy atom. The lowest BCUT2D eigenvalue weighted by molar-refractivity contribution is -0.137. The van der Waals surface area contributed by atoms with Gasteiger partial charge in [-0.15, -0.1) is 11.3 Å². The first kappa shape index (κ1) is 17.4. The molecule has 0 radical (unpaired) electrons. The summed E-state index contributed by atoms with van der Waals surface area (Å²) in [5, 5.41) is 4.32. The summed E-state index contributed by atoms with van der Waals surface area (Å²) >= 11 is 1.10. The van der Waals surface area contributed by atoms with Crippen LogP contribution in [0.25, 0.3) is 11.3 Å². The van der Waals surface area contributed by atoms with E-state index in [2.05, 4.69) is 10.3 Å². The van der Waals surface area contributed by atoms with Crippen LogP contribution in [0.1, 0.15) is 5.56 Å². The summed E-state index contributed by atoms with van der Waals surface area (Å²) in [6.45, 7) is 0.0533. The fourth-order valence-corrected chi connectivity index (χ4v) is 2.49. The number of thiazole rings is 1. The minimum atomic E-state index is -4.42. The number of hydrogen-bond donors (Lipinski definition) is 2. The minimum absolute atomic E-state index is 0.0533. The Hall–Kier alpha value is -1.97. The number of ether oxygens (including phenoxy) is 1. The topological polar surface area (TPSA) is 77.2 Å². The Labute approximate surface area is 134 Å². The monoisotopic (exact) mass is 345 g/mol. The number of carbonyl (C=O) groups is 1. The van der Waals surface area contributed by atoms with Crippen LogP contribution in [0.2, 0.25) is 0 Å². The molecule has 5 nitrogen and oxygen atoms in total. The standard InChI is InChI=1S/C14H14F3N3O2S/c1-22-6-10(18)12(21)20-13-19-11(7-23-13)8-3-2-4-9(5-8)14(15,16)17/h2-5,7,10H,6,18H2,1H3,(H,19,20,21). The highest BCUT2D eigenvalue weighted by molar-refractivity contribution is 7.14. The normalized spacial score (nSPS) is 12.9. The van der Waals surface area contributed by atoms with Gasteiger partial charge in [0, 0.05) is 18.1 Å². The van der Waals surface area contributed by atoms with Gasteiger partial charge in [0.15, 0.2) is 5.13 Å². The third kappa shape index (κ3) is 4.50. The Morgan fingerprint density at radius 2 is 2.22 bits per heavy atom. The number of rotatable bonds is 5. The van der Waals surface area contributed by atoms with Crippen molar-refractivity contribution in [3.63, 3.8) is 0 Å². The number of methoxy groups -OCH3 is 1. The van der Waals surface area contributed by atoms with Gasteiger partial charge < -0.3 is 15.8 Å². The highest BCUT2D eigenvalue weighted by atomic mass is 32.1. The smallest absolute Gasteiger partial charge is 0.383 e. The van der Waals surface area contributed by atoms with E-state index in [0.717, 1.165) is 23.5 Å². The van der Waals surface area contributed by atoms with Gasteiger partial charge in [0.1, 0.15) is 6.04 Å². The molecule has 1 aromatic carbocycles. The number of nitrogens with zero attached hydrogens (tertiary/aromatic N) is 1. The fourth-order valence-electron chi connectivity index (χ4n) is 1.77. The van der Waals surface area contributed by atoms with Crippen LogP contribution in [0.15, 0.2) is 29.6 Å². The summed E-state index contributed by atoms with van der Waals surface area (Å²) < 4.78 is 42.9. The van der Waals surface area contributed by atoms with Crippen molar-refractivity contribution in [3.8, 4) is 11.3 Å². The van der Waals surface area contributed by atoms with Crippen LogP contribution in [0.3, 0.4) is 0 Å². The minimum Gasteiger partial charge on any atom is -0.383 e. The Balaban J connectivity index is 2.15. The van der Waals surface area contributed by atoms with Gasteiger partial charge in [-0.1, -0.05) is 12.1 Å². The largest absolute Gasteiger partial charge is 0.416 e. The first-order chi connectivity index (χ1) is 10.8. The average Bonchev–Trinajstić information content (AvgIpc) is 2.95. The third-order valence-electron chi connectivity index (χ3n) is 2.90. The highest BCUT2D eigenvalue weighted by Crippen LogP contribution is 2.33. The number of aromatic nitrogens is 1. The molecule has 23 heavy (non-hydrogen) atoms. The lowest BCUT2D eigenvalue weighted by Gasteiger charge is -2.09. The molecule has 1 heterocycles. The van der Waals surface area contributed by atoms with Crippen LogP contribution < -0.4 is 11.1 Å². The molecule has 1 amide bonds. The van der Waals surface area contributed by atoms with E-state index in [1.54, 1.807) is 5.38 Å². The van der Waals surface area contributed by atoms with Crippen LogP contribution >= 0.6 is 11.3 Å². The van der Waals surface area contributed by atoms with E-state index in [9.17, 15) is 18.0 Å². The SMILES string of the molecule is COCC(N)C(=O)Nc1nc(-c2cccc(C(F)(F)F)c2)cs1. The van der Waals surface area contributed by atoms with Crippen molar-refractivity contribution >= 4 is 22.4 Å². The van der Waals surface area contributed by atoms with E-state index in [1.807, 2.05) is 0 Å². The van der Waals surface area contributed by atoms with Gasteiger partial charge in [0.2, 0.25) is 5.91 Å². The zero-order valence-electron chi connectivity index (χ0n) is 12.1. The molecule has 1 atom stereocenters. The number of nitrogens with one attached hydrogen (secondary N) is 1. The molecule has 1 aromatic heterocycles. The third-order valence-corrected chi connectivity index (χ3v) is 3.66. The van der Waals surface area contributed by atoms with E-state index in [-0.39, 0.29) is 11.7 Å². The van der Waals surface area contributed by atoms with Gasteiger partial charge in [-0.05, 0) is 12.1 Å². The molecule has 0 aliphatic carbocycles. The summed E-state index contributed by atoms with van der Waals surface area (Å²) in [4.78, 5) is 15.8. The second-order valence-electron chi connectivity index (χ2n) is 4.67. The molecular formula is C14H14F3N3O2S. The van der Waals surface area contributed by atoms with Crippen LogP contribution in [0, 0.1) is 0 Å². The number of carbonyl (C=O) groups excluding carboxylic acids is 1. The van der Waals surface area contributed by atoms with Crippen LogP contribution in [0.5, 0.6) is 0 Å². The molecule has 0 spiro atoms. The molecule has 2 rings (SSSR count). The predicted molar refractivity (Wildman–Crippen MR) is 81.0 cm³/mol. The zero-order valence-corrected chi connectivity index (χ0v) is 12.9. The molecule has 124 valence electrons. The first-order valence-electron chi connectivity index (χ1n) is 6.50. The van der Waals surface area contributed by atoms with Crippen molar-refractivity contribution in [2.24, 2.45) is 5.73 Å². The lowest BCUT2D eigenvalue weighted by atomic mass is 10.1. The summed E-state index contributed by atoms with van der Waals surface area (Å²) in [6.07, 6.45) is -4.42. The molecule has 0 aliphatic rings. The molecule has 1 unspecified atom stereocenters. The van der Waals surface area contributed by atoms with Crippen molar-refractivity contribution in [3.05, 3.63) is 35.2 Å². The first-order valence-corrected chi connectivity index (χ1v) is 7.37. The summed E-state index contributed by atoms with van der Waals surface area (Å²) in [5.41, 5.74) is 5.48. The van der Waals surface area contributed by atoms with Gasteiger partial charge >= 0.3 is 6.18 Å². The number of benzene rings is 1. The van der Waals surface area contributed by atoms with Crippen LogP contribution in [-0.4, -0.2) is 30.6 Å². The maximum absolute atomic E-state index is 12.7. The summed E-state index contributed by atoms with van der Waals surface area (Å²) in [5.74, 6) is -0.475. The number of halogens is 3. The van der Waals surface area contributed by atoms with Crippen molar-refractivity contribution in [2.45, 2.75) is 12.2 Å². The van der Waals surface area contributed by atoms with Gasteiger partial charge in [0.25, 0.3) is 0 Å². The van der Waals surface area contributed by atoms with Crippen LogP contribution in [0.4, 0.5) is 18.3 Å². The molecule has 3 N–H and O–H groups in total. The van der Waals surface area contributed by atoms with Crippen molar-refractivity contribution in [1.82, 2.24) is 4.98 Å². The van der Waals surface area contributed by atoms with E-state index < -0.39 is 23.7 Å². The Bertz CT molecular complexity index is 688. The summed E-state index contributed by atoms with van der Waals surface area (Å²) in [7, 11) is 1.42. The molecule has 9 heteroatoms. The number of alkyl halides is 3. The van der Waals surface area contributed by atoms with Gasteiger partial charge in [-0.2, -0.15) is 13.2 Å². The lowest BCUT2D eigenvalue weighted by Crippen LogP contribution is -2.39. The second-order valence-corrected chi connectivity index (χ2v) is 5.53. The van der Waals surface area contributed by atoms with Gasteiger partial charge in [0.05, 0.1) is 17.9 Å². The van der Waals surface area contributed by atoms with E-state index >= 15 is 0 Å². The number of nitrogens with two attached hydrogens (primary N) is 1. The molecule has 0 saturated heterocycles. The van der Waals surface area contributed by atoms with E-state index in [4.69, 9.17) is 10.5 Å². The average molecular weight is 345 g/mol. The summed E-state index contributed by atoms with van der Waals surface area (Å²) in [6, 6.07) is 3.98. The molecule has 0 fully saturated rings. The van der Waals surface area contributed by atoms with Crippen molar-refractivity contribution < 1.29 is 22.7 Å². The maximum Gasteiger partial charge on any atom is 0.416 e. The van der Waals surface area contributed by atoms with Crippen molar-refractivity contribution in [1.29, 1.82) is 0 Å². The van der Waals surface area contributed by atoms with E-state index in [0.29, 0.717) is 11.3 Å². The fraction of sp³-hybridized carbons (Fsp3) is 0.286. The Kier molecular flexibility index (Phi) is 5.34. The van der Waals surface area contributed by atoms with Gasteiger partial charge in [-0.3, -0.25) is 4.79 Å². The Morgan fingerprint density at radius 3 is 2.87 bits per heavy atom. The molecular weight excluding hydrogens is 331 g/mol. The number of anilines is 1. The van der Waals surface area contributed by atoms with E-state index in [1.165, 1.54) is 19.2 Å². The maximum atomic E-state index is 12.7.